The van der Waals surface area contributed by atoms with Crippen LogP contribution in [0.5, 0.6) is 5.75 Å². The molecule has 4 aromatic rings. The van der Waals surface area contributed by atoms with E-state index in [4.69, 9.17) is 8.85 Å². The lowest BCUT2D eigenvalue weighted by molar-refractivity contribution is -0.137. The maximum atomic E-state index is 13.0. The predicted octanol–water partition coefficient (Wildman–Crippen LogP) is 2.98. The molecule has 0 aliphatic rings. The summed E-state index contributed by atoms with van der Waals surface area (Å²) in [5, 5.41) is 7.77. The van der Waals surface area contributed by atoms with Crippen LogP contribution in [0.3, 0.4) is 0 Å². The fraction of sp³-hybridized carbons (Fsp3) is 0.167. The maximum absolute atomic E-state index is 13.0. The summed E-state index contributed by atoms with van der Waals surface area (Å²) in [5.41, 5.74) is -1.16. The third-order valence-electron chi connectivity index (χ3n) is 4.33. The van der Waals surface area contributed by atoms with Crippen molar-refractivity contribution in [2.45, 2.75) is 11.1 Å². The fourth-order valence-electron chi connectivity index (χ4n) is 2.82. The average molecular weight is 455 g/mol. The highest BCUT2D eigenvalue weighted by Crippen LogP contribution is 2.34. The van der Waals surface area contributed by atoms with Gasteiger partial charge in [-0.25, -0.2) is 18.1 Å². The quantitative estimate of drug-likeness (QED) is 0.496. The molecule has 0 fully saturated rings. The van der Waals surface area contributed by atoms with E-state index < -0.39 is 28.7 Å². The number of aryl methyl sites for hydroxylation is 1. The topological polar surface area (TPSA) is 104 Å². The van der Waals surface area contributed by atoms with Crippen LogP contribution in [0.4, 0.5) is 18.9 Å². The Bertz CT molecular complexity index is 1460. The molecule has 0 aliphatic heterocycles. The van der Waals surface area contributed by atoms with Crippen LogP contribution < -0.4 is 9.46 Å². The molecule has 0 saturated carbocycles. The Hall–Kier alpha value is -3.61. The summed E-state index contributed by atoms with van der Waals surface area (Å²) in [6.45, 7) is -2.70. The van der Waals surface area contributed by atoms with Crippen molar-refractivity contribution in [2.24, 2.45) is 6.98 Å². The molecule has 0 atom stereocenters. The van der Waals surface area contributed by atoms with Crippen molar-refractivity contribution < 1.29 is 30.4 Å². The number of rotatable bonds is 5. The van der Waals surface area contributed by atoms with Gasteiger partial charge in [-0.3, -0.25) is 9.40 Å². The number of aromatic nitrogens is 5. The van der Waals surface area contributed by atoms with Gasteiger partial charge in [0.15, 0.2) is 5.82 Å². The number of hydrogen-bond acceptors (Lipinski definition) is 6. The number of methoxy groups -OCH3 is 1. The summed E-state index contributed by atoms with van der Waals surface area (Å²) in [4.78, 5) is 3.54. The van der Waals surface area contributed by atoms with E-state index in [0.29, 0.717) is 16.3 Å². The number of ether oxygens (including phenoxy) is 1. The van der Waals surface area contributed by atoms with Gasteiger partial charge in [0.25, 0.3) is 10.0 Å². The number of pyridine rings is 1. The summed E-state index contributed by atoms with van der Waals surface area (Å²) >= 11 is 0. The van der Waals surface area contributed by atoms with Crippen LogP contribution in [0.15, 0.2) is 53.9 Å². The smallest absolute Gasteiger partial charge is 0.419 e. The van der Waals surface area contributed by atoms with Crippen LogP contribution >= 0.6 is 0 Å². The van der Waals surface area contributed by atoms with Gasteiger partial charge in [0.2, 0.25) is 0 Å². The molecular formula is C18H15F3N6O3S. The fourth-order valence-corrected chi connectivity index (χ4v) is 3.84. The second-order valence-electron chi connectivity index (χ2n) is 6.27. The molecule has 4 rings (SSSR count). The third kappa shape index (κ3) is 3.79. The molecule has 1 N–H and O–H groups in total. The molecule has 3 heterocycles. The van der Waals surface area contributed by atoms with E-state index in [0.717, 1.165) is 23.1 Å². The van der Waals surface area contributed by atoms with E-state index in [-0.39, 0.29) is 27.7 Å². The molecule has 9 nitrogen and oxygen atoms in total. The normalized spacial score (nSPS) is 14.1. The van der Waals surface area contributed by atoms with Crippen LogP contribution in [0.2, 0.25) is 0 Å². The van der Waals surface area contributed by atoms with Gasteiger partial charge >= 0.3 is 6.18 Å². The molecule has 13 heteroatoms. The molecule has 0 amide bonds. The second-order valence-corrected chi connectivity index (χ2v) is 7.95. The summed E-state index contributed by atoms with van der Waals surface area (Å²) in [6, 6.07) is 5.26. The van der Waals surface area contributed by atoms with Crippen molar-refractivity contribution >= 4 is 26.6 Å². The highest BCUT2D eigenvalue weighted by molar-refractivity contribution is 7.92. The molecule has 1 aromatic carbocycles. The number of nitrogens with zero attached hydrogens (tertiary/aromatic N) is 5. The van der Waals surface area contributed by atoms with Crippen LogP contribution in [0.25, 0.3) is 16.7 Å². The molecule has 162 valence electrons. The van der Waals surface area contributed by atoms with Crippen LogP contribution in [-0.4, -0.2) is 40.1 Å². The Kier molecular flexibility index (Phi) is 4.01. The summed E-state index contributed by atoms with van der Waals surface area (Å²) in [5.74, 6) is -0.00233. The Labute approximate surface area is 178 Å². The zero-order valence-corrected chi connectivity index (χ0v) is 16.4. The molecule has 0 saturated heterocycles. The van der Waals surface area contributed by atoms with E-state index >= 15 is 0 Å². The number of benzene rings is 1. The van der Waals surface area contributed by atoms with Crippen molar-refractivity contribution in [2.75, 3.05) is 11.8 Å². The van der Waals surface area contributed by atoms with Gasteiger partial charge in [-0.15, -0.1) is 0 Å². The van der Waals surface area contributed by atoms with Gasteiger partial charge in [-0.05, 0) is 24.3 Å². The SMILES string of the molecule is [2H]C([2H])([2H])n1ncc2ccc(OC)c(NS(=O)(=O)c3ccc(-n4cc(C(F)(F)F)cn4)nc3)c21. The summed E-state index contributed by atoms with van der Waals surface area (Å²) in [6.07, 6.45) is -1.05. The lowest BCUT2D eigenvalue weighted by Crippen LogP contribution is -2.15. The first-order valence-electron chi connectivity index (χ1n) is 9.97. The van der Waals surface area contributed by atoms with Gasteiger partial charge in [-0.2, -0.15) is 23.4 Å². The number of nitrogens with one attached hydrogen (secondary N) is 1. The average Bonchev–Trinajstić information content (AvgIpc) is 3.41. The van der Waals surface area contributed by atoms with E-state index in [1.54, 1.807) is 0 Å². The Balaban J connectivity index is 1.71. The van der Waals surface area contributed by atoms with E-state index in [1.807, 2.05) is 0 Å². The van der Waals surface area contributed by atoms with E-state index in [2.05, 4.69) is 19.9 Å². The molecule has 0 unspecified atom stereocenters. The van der Waals surface area contributed by atoms with E-state index in [9.17, 15) is 21.6 Å². The number of sulfonamides is 1. The number of fused-ring (bicyclic) bond motifs is 1. The molecule has 0 radical (unpaired) electrons. The Morgan fingerprint density at radius 3 is 2.55 bits per heavy atom. The molecular weight excluding hydrogens is 437 g/mol. The molecule has 0 aliphatic carbocycles. The molecule has 31 heavy (non-hydrogen) atoms. The van der Waals surface area contributed by atoms with Crippen LogP contribution in [0, 0.1) is 0 Å². The number of anilines is 1. The predicted molar refractivity (Wildman–Crippen MR) is 104 cm³/mol. The highest BCUT2D eigenvalue weighted by Gasteiger charge is 2.32. The van der Waals surface area contributed by atoms with Crippen molar-refractivity contribution in [1.82, 2.24) is 24.5 Å². The van der Waals surface area contributed by atoms with Crippen molar-refractivity contribution in [1.29, 1.82) is 0 Å². The van der Waals surface area contributed by atoms with Crippen LogP contribution in [-0.2, 0) is 23.2 Å². The lowest BCUT2D eigenvalue weighted by atomic mass is 10.2. The Morgan fingerprint density at radius 1 is 1.13 bits per heavy atom. The van der Waals surface area contributed by atoms with Gasteiger partial charge in [0, 0.05) is 28.9 Å². The van der Waals surface area contributed by atoms with Crippen molar-refractivity contribution in [3.8, 4) is 11.6 Å². The third-order valence-corrected chi connectivity index (χ3v) is 5.66. The van der Waals surface area contributed by atoms with Gasteiger partial charge in [-0.1, -0.05) is 0 Å². The minimum Gasteiger partial charge on any atom is -0.494 e. The number of hydrogen-bond donors (Lipinski definition) is 1. The molecule has 0 spiro atoms. The van der Waals surface area contributed by atoms with E-state index in [1.165, 1.54) is 31.5 Å². The van der Waals surface area contributed by atoms with Crippen LogP contribution in [0.1, 0.15) is 9.68 Å². The largest absolute Gasteiger partial charge is 0.494 e. The maximum Gasteiger partial charge on any atom is 0.419 e. The zero-order chi connectivity index (χ0) is 24.9. The standard InChI is InChI=1S/C18H15F3N6O3S/c1-26-17-11(7-23-26)3-5-14(30-2)16(17)25-31(28,29)13-4-6-15(22-9-13)27-10-12(8-24-27)18(19,20)21/h3-10,25H,1-2H3/i1D3. The summed E-state index contributed by atoms with van der Waals surface area (Å²) in [7, 11) is -3.04. The number of halogens is 3. The first-order valence-corrected chi connectivity index (χ1v) is 9.96. The minimum atomic E-state index is -4.59. The molecule has 0 bridgehead atoms. The minimum absolute atomic E-state index is 0.0243. The molecule has 3 aromatic heterocycles. The second kappa shape index (κ2) is 7.27. The first kappa shape index (κ1) is 17.1. The van der Waals surface area contributed by atoms with Crippen molar-refractivity contribution in [3.05, 3.63) is 54.6 Å². The van der Waals surface area contributed by atoms with Gasteiger partial charge in [0.1, 0.15) is 16.3 Å². The van der Waals surface area contributed by atoms with Gasteiger partial charge < -0.3 is 4.74 Å². The first-order chi connectivity index (χ1) is 15.8. The van der Waals surface area contributed by atoms with Gasteiger partial charge in [0.05, 0.1) is 30.6 Å². The highest BCUT2D eigenvalue weighted by atomic mass is 32.2. The lowest BCUT2D eigenvalue weighted by Gasteiger charge is -2.14. The number of alkyl halides is 3. The summed E-state index contributed by atoms with van der Waals surface area (Å²) < 4.78 is 96.5. The zero-order valence-electron chi connectivity index (χ0n) is 18.6. The van der Waals surface area contributed by atoms with Crippen molar-refractivity contribution in [3.63, 3.8) is 0 Å². The monoisotopic (exact) mass is 455 g/mol. The Morgan fingerprint density at radius 2 is 1.94 bits per heavy atom.